The van der Waals surface area contributed by atoms with Gasteiger partial charge in [-0.05, 0) is 31.0 Å². The van der Waals surface area contributed by atoms with Crippen LogP contribution in [0.15, 0.2) is 24.3 Å². The average Bonchev–Trinajstić information content (AvgIpc) is 2.47. The maximum Gasteiger partial charge on any atom is 0.243 e. The van der Waals surface area contributed by atoms with Crippen molar-refractivity contribution >= 4 is 29.1 Å². The van der Waals surface area contributed by atoms with Gasteiger partial charge in [0.15, 0.2) is 0 Å². The first-order chi connectivity index (χ1) is 10.4. The molecule has 2 rings (SSSR count). The number of likely N-dealkylation sites (N-methyl/N-ethyl adjacent to an activating group) is 1. The van der Waals surface area contributed by atoms with Crippen molar-refractivity contribution in [3.8, 4) is 0 Å². The van der Waals surface area contributed by atoms with E-state index >= 15 is 0 Å². The SMILES string of the molecule is CN(CC(=O)Nc1cccc(Cl)c1)C(=O)C1(N)CCCCC1. The number of benzene rings is 1. The van der Waals surface area contributed by atoms with Gasteiger partial charge < -0.3 is 16.0 Å². The second-order valence-electron chi connectivity index (χ2n) is 5.94. The third-order valence-corrected chi connectivity index (χ3v) is 4.24. The third kappa shape index (κ3) is 4.21. The Bertz CT molecular complexity index is 556. The average molecular weight is 324 g/mol. The van der Waals surface area contributed by atoms with Gasteiger partial charge in [-0.2, -0.15) is 0 Å². The summed E-state index contributed by atoms with van der Waals surface area (Å²) >= 11 is 5.87. The van der Waals surface area contributed by atoms with Crippen LogP contribution in [0.2, 0.25) is 5.02 Å². The molecule has 1 fully saturated rings. The summed E-state index contributed by atoms with van der Waals surface area (Å²) < 4.78 is 0. The van der Waals surface area contributed by atoms with Gasteiger partial charge in [0.05, 0.1) is 12.1 Å². The predicted molar refractivity (Wildman–Crippen MR) is 87.7 cm³/mol. The zero-order chi connectivity index (χ0) is 16.2. The number of nitrogens with zero attached hydrogens (tertiary/aromatic N) is 1. The van der Waals surface area contributed by atoms with E-state index in [-0.39, 0.29) is 18.4 Å². The standard InChI is InChI=1S/C16H22ClN3O2/c1-20(15(22)16(18)8-3-2-4-9-16)11-14(21)19-13-7-5-6-12(17)10-13/h5-7,10H,2-4,8-9,11,18H2,1H3,(H,19,21). The molecular weight excluding hydrogens is 302 g/mol. The van der Waals surface area contributed by atoms with Gasteiger partial charge in [-0.15, -0.1) is 0 Å². The lowest BCUT2D eigenvalue weighted by Gasteiger charge is -2.35. The minimum atomic E-state index is -0.816. The smallest absolute Gasteiger partial charge is 0.243 e. The number of hydrogen-bond donors (Lipinski definition) is 2. The second kappa shape index (κ2) is 7.11. The van der Waals surface area contributed by atoms with Gasteiger partial charge in [0.25, 0.3) is 0 Å². The Morgan fingerprint density at radius 1 is 1.32 bits per heavy atom. The fourth-order valence-electron chi connectivity index (χ4n) is 2.83. The molecule has 120 valence electrons. The Hall–Kier alpha value is -1.59. The molecule has 0 unspecified atom stereocenters. The fourth-order valence-corrected chi connectivity index (χ4v) is 3.02. The molecule has 22 heavy (non-hydrogen) atoms. The van der Waals surface area contributed by atoms with Gasteiger partial charge in [0.2, 0.25) is 11.8 Å². The molecule has 0 aliphatic heterocycles. The molecule has 1 aliphatic rings. The van der Waals surface area contributed by atoms with Gasteiger partial charge in [-0.25, -0.2) is 0 Å². The van der Waals surface area contributed by atoms with E-state index in [1.165, 1.54) is 4.90 Å². The number of carbonyl (C=O) groups is 2. The molecule has 5 nitrogen and oxygen atoms in total. The number of nitrogens with one attached hydrogen (secondary N) is 1. The van der Waals surface area contributed by atoms with Crippen molar-refractivity contribution in [2.45, 2.75) is 37.6 Å². The summed E-state index contributed by atoms with van der Waals surface area (Å²) in [5.74, 6) is -0.425. The van der Waals surface area contributed by atoms with Crippen LogP contribution in [0.4, 0.5) is 5.69 Å². The molecule has 1 aromatic rings. The predicted octanol–water partition coefficient (Wildman–Crippen LogP) is 2.40. The molecule has 1 aromatic carbocycles. The Balaban J connectivity index is 1.91. The summed E-state index contributed by atoms with van der Waals surface area (Å²) in [6, 6.07) is 6.89. The molecule has 2 amide bonds. The molecule has 0 heterocycles. The first-order valence-electron chi connectivity index (χ1n) is 7.50. The van der Waals surface area contributed by atoms with Crippen molar-refractivity contribution in [2.75, 3.05) is 18.9 Å². The largest absolute Gasteiger partial charge is 0.335 e. The summed E-state index contributed by atoms with van der Waals surface area (Å²) in [4.78, 5) is 25.9. The van der Waals surface area contributed by atoms with E-state index in [9.17, 15) is 9.59 Å². The fraction of sp³-hybridized carbons (Fsp3) is 0.500. The molecule has 6 heteroatoms. The van der Waals surface area contributed by atoms with E-state index in [4.69, 9.17) is 17.3 Å². The Labute approximate surface area is 135 Å². The highest BCUT2D eigenvalue weighted by Crippen LogP contribution is 2.27. The second-order valence-corrected chi connectivity index (χ2v) is 6.37. The first kappa shape index (κ1) is 16.8. The van der Waals surface area contributed by atoms with Crippen LogP contribution >= 0.6 is 11.6 Å². The lowest BCUT2D eigenvalue weighted by molar-refractivity contribution is -0.139. The number of rotatable bonds is 4. The number of amides is 2. The van der Waals surface area contributed by atoms with Gasteiger partial charge in [0, 0.05) is 17.8 Å². The van der Waals surface area contributed by atoms with Gasteiger partial charge in [-0.1, -0.05) is 36.9 Å². The highest BCUT2D eigenvalue weighted by atomic mass is 35.5. The van der Waals surface area contributed by atoms with Crippen LogP contribution in [-0.2, 0) is 9.59 Å². The van der Waals surface area contributed by atoms with E-state index in [1.54, 1.807) is 31.3 Å². The molecule has 3 N–H and O–H groups in total. The molecule has 0 spiro atoms. The minimum Gasteiger partial charge on any atom is -0.335 e. The Morgan fingerprint density at radius 2 is 2.00 bits per heavy atom. The molecule has 0 aromatic heterocycles. The van der Waals surface area contributed by atoms with Gasteiger partial charge in [-0.3, -0.25) is 9.59 Å². The van der Waals surface area contributed by atoms with Crippen LogP contribution in [0.25, 0.3) is 0 Å². The topological polar surface area (TPSA) is 75.4 Å². The molecule has 0 atom stereocenters. The number of nitrogens with two attached hydrogens (primary N) is 1. The zero-order valence-corrected chi connectivity index (χ0v) is 13.5. The molecule has 0 saturated heterocycles. The number of hydrogen-bond acceptors (Lipinski definition) is 3. The van der Waals surface area contributed by atoms with Crippen LogP contribution in [0, 0.1) is 0 Å². The summed E-state index contributed by atoms with van der Waals surface area (Å²) in [7, 11) is 1.61. The maximum absolute atomic E-state index is 12.5. The van der Waals surface area contributed by atoms with E-state index < -0.39 is 5.54 Å². The monoisotopic (exact) mass is 323 g/mol. The highest BCUT2D eigenvalue weighted by molar-refractivity contribution is 6.30. The van der Waals surface area contributed by atoms with E-state index in [0.29, 0.717) is 23.6 Å². The van der Waals surface area contributed by atoms with Crippen LogP contribution in [0.3, 0.4) is 0 Å². The summed E-state index contributed by atoms with van der Waals surface area (Å²) in [6.45, 7) is -0.0235. The van der Waals surface area contributed by atoms with Crippen molar-refractivity contribution < 1.29 is 9.59 Å². The quantitative estimate of drug-likeness (QED) is 0.893. The van der Waals surface area contributed by atoms with E-state index in [1.807, 2.05) is 0 Å². The zero-order valence-electron chi connectivity index (χ0n) is 12.8. The molecule has 0 bridgehead atoms. The number of anilines is 1. The van der Waals surface area contributed by atoms with E-state index in [0.717, 1.165) is 19.3 Å². The minimum absolute atomic E-state index is 0.0235. The highest BCUT2D eigenvalue weighted by Gasteiger charge is 2.37. The normalized spacial score (nSPS) is 16.9. The Morgan fingerprint density at radius 3 is 2.64 bits per heavy atom. The first-order valence-corrected chi connectivity index (χ1v) is 7.88. The molecule has 0 radical (unpaired) electrons. The van der Waals surface area contributed by atoms with Crippen molar-refractivity contribution in [2.24, 2.45) is 5.73 Å². The Kier molecular flexibility index (Phi) is 5.42. The lowest BCUT2D eigenvalue weighted by Crippen LogP contribution is -2.56. The summed E-state index contributed by atoms with van der Waals surface area (Å²) in [5, 5.41) is 3.27. The van der Waals surface area contributed by atoms with Crippen LogP contribution in [0.1, 0.15) is 32.1 Å². The number of carbonyl (C=O) groups excluding carboxylic acids is 2. The van der Waals surface area contributed by atoms with Crippen LogP contribution in [0.5, 0.6) is 0 Å². The van der Waals surface area contributed by atoms with Crippen molar-refractivity contribution in [3.05, 3.63) is 29.3 Å². The van der Waals surface area contributed by atoms with Gasteiger partial charge in [0.1, 0.15) is 0 Å². The van der Waals surface area contributed by atoms with Crippen LogP contribution < -0.4 is 11.1 Å². The maximum atomic E-state index is 12.5. The lowest BCUT2D eigenvalue weighted by atomic mass is 9.81. The van der Waals surface area contributed by atoms with Crippen LogP contribution in [-0.4, -0.2) is 35.8 Å². The molecular formula is C16H22ClN3O2. The van der Waals surface area contributed by atoms with Crippen molar-refractivity contribution in [1.82, 2.24) is 4.90 Å². The summed E-state index contributed by atoms with van der Waals surface area (Å²) in [5.41, 5.74) is 6.00. The third-order valence-electron chi connectivity index (χ3n) is 4.01. The van der Waals surface area contributed by atoms with Crippen molar-refractivity contribution in [1.29, 1.82) is 0 Å². The summed E-state index contributed by atoms with van der Waals surface area (Å²) in [6.07, 6.45) is 4.42. The number of halogens is 1. The van der Waals surface area contributed by atoms with Gasteiger partial charge >= 0.3 is 0 Å². The van der Waals surface area contributed by atoms with Crippen molar-refractivity contribution in [3.63, 3.8) is 0 Å². The van der Waals surface area contributed by atoms with E-state index in [2.05, 4.69) is 5.32 Å². The molecule has 1 saturated carbocycles. The molecule has 1 aliphatic carbocycles.